The molecule has 3 rings (SSSR count). The van der Waals surface area contributed by atoms with Crippen LogP contribution in [0, 0.1) is 6.92 Å². The minimum atomic E-state index is 0.605. The number of rotatable bonds is 7. The Hall–Kier alpha value is -2.60. The third kappa shape index (κ3) is 5.20. The fraction of sp³-hybridized carbons (Fsp3) is 0.300. The molecule has 5 nitrogen and oxygen atoms in total. The summed E-state index contributed by atoms with van der Waals surface area (Å²) in [6.07, 6.45) is 3.95. The molecular formula is C20H25N5S. The van der Waals surface area contributed by atoms with Crippen molar-refractivity contribution in [3.63, 3.8) is 0 Å². The zero-order chi connectivity index (χ0) is 18.2. The SMILES string of the molecule is CCNC(=NCc1cnn(Cc2ccccc2)c1)NCc1sccc1C. The Morgan fingerprint density at radius 3 is 2.73 bits per heavy atom. The highest BCUT2D eigenvalue weighted by atomic mass is 32.1. The summed E-state index contributed by atoms with van der Waals surface area (Å²) in [7, 11) is 0. The molecule has 0 atom stereocenters. The van der Waals surface area contributed by atoms with Crippen LogP contribution in [0.4, 0.5) is 0 Å². The Balaban J connectivity index is 1.58. The normalized spacial score (nSPS) is 11.5. The molecular weight excluding hydrogens is 342 g/mol. The van der Waals surface area contributed by atoms with Crippen LogP contribution >= 0.6 is 11.3 Å². The molecule has 0 fully saturated rings. The molecule has 2 heterocycles. The first-order chi connectivity index (χ1) is 12.7. The van der Waals surface area contributed by atoms with Gasteiger partial charge in [0, 0.05) is 23.2 Å². The van der Waals surface area contributed by atoms with Gasteiger partial charge in [-0.3, -0.25) is 4.68 Å². The van der Waals surface area contributed by atoms with Crippen LogP contribution in [0.3, 0.4) is 0 Å². The van der Waals surface area contributed by atoms with Crippen LogP contribution in [0.1, 0.15) is 28.5 Å². The van der Waals surface area contributed by atoms with Crippen LogP contribution in [0.25, 0.3) is 0 Å². The Labute approximate surface area is 158 Å². The highest BCUT2D eigenvalue weighted by Crippen LogP contribution is 2.14. The van der Waals surface area contributed by atoms with Crippen LogP contribution < -0.4 is 10.6 Å². The number of aliphatic imine (C=N–C) groups is 1. The first kappa shape index (κ1) is 18.2. The van der Waals surface area contributed by atoms with Crippen molar-refractivity contribution in [1.29, 1.82) is 0 Å². The topological polar surface area (TPSA) is 54.2 Å². The lowest BCUT2D eigenvalue weighted by molar-refractivity contribution is 0.686. The number of thiophene rings is 1. The molecule has 136 valence electrons. The molecule has 6 heteroatoms. The summed E-state index contributed by atoms with van der Waals surface area (Å²) in [6.45, 7) is 7.23. The quantitative estimate of drug-likeness (QED) is 0.496. The Bertz CT molecular complexity index is 835. The van der Waals surface area contributed by atoms with Crippen LogP contribution in [0.2, 0.25) is 0 Å². The highest BCUT2D eigenvalue weighted by molar-refractivity contribution is 7.10. The van der Waals surface area contributed by atoms with Gasteiger partial charge in [0.2, 0.25) is 0 Å². The van der Waals surface area contributed by atoms with Crippen LogP contribution in [0.5, 0.6) is 0 Å². The van der Waals surface area contributed by atoms with E-state index in [0.717, 1.165) is 31.2 Å². The van der Waals surface area contributed by atoms with Crippen LogP contribution in [-0.4, -0.2) is 22.3 Å². The summed E-state index contributed by atoms with van der Waals surface area (Å²) in [5, 5.41) is 13.3. The zero-order valence-corrected chi connectivity index (χ0v) is 16.1. The fourth-order valence-electron chi connectivity index (χ4n) is 2.61. The molecule has 26 heavy (non-hydrogen) atoms. The molecule has 0 aliphatic carbocycles. The van der Waals surface area contributed by atoms with Crippen LogP contribution in [0.15, 0.2) is 59.2 Å². The minimum absolute atomic E-state index is 0.605. The number of benzene rings is 1. The molecule has 0 aliphatic rings. The molecule has 0 spiro atoms. The predicted molar refractivity (Wildman–Crippen MR) is 108 cm³/mol. The smallest absolute Gasteiger partial charge is 0.191 e. The number of nitrogens with one attached hydrogen (secondary N) is 2. The summed E-state index contributed by atoms with van der Waals surface area (Å²) < 4.78 is 1.95. The Morgan fingerprint density at radius 1 is 1.15 bits per heavy atom. The third-order valence-electron chi connectivity index (χ3n) is 4.02. The van der Waals surface area contributed by atoms with E-state index in [1.54, 1.807) is 11.3 Å². The van der Waals surface area contributed by atoms with E-state index in [4.69, 9.17) is 0 Å². The second kappa shape index (κ2) is 9.20. The second-order valence-corrected chi connectivity index (χ2v) is 7.11. The van der Waals surface area contributed by atoms with Gasteiger partial charge in [0.05, 0.1) is 25.8 Å². The van der Waals surface area contributed by atoms with Gasteiger partial charge in [0.15, 0.2) is 5.96 Å². The van der Waals surface area contributed by atoms with Gasteiger partial charge in [0.25, 0.3) is 0 Å². The van der Waals surface area contributed by atoms with Gasteiger partial charge in [-0.2, -0.15) is 5.10 Å². The lowest BCUT2D eigenvalue weighted by Crippen LogP contribution is -2.36. The Kier molecular flexibility index (Phi) is 6.44. The lowest BCUT2D eigenvalue weighted by Gasteiger charge is -2.10. The summed E-state index contributed by atoms with van der Waals surface area (Å²) in [6, 6.07) is 12.5. The van der Waals surface area contributed by atoms with E-state index < -0.39 is 0 Å². The van der Waals surface area contributed by atoms with Crippen molar-refractivity contribution in [2.75, 3.05) is 6.54 Å². The van der Waals surface area contributed by atoms with Gasteiger partial charge >= 0.3 is 0 Å². The predicted octanol–water partition coefficient (Wildman–Crippen LogP) is 3.56. The van der Waals surface area contributed by atoms with Crippen LogP contribution in [-0.2, 0) is 19.6 Å². The van der Waals surface area contributed by atoms with Crippen molar-refractivity contribution in [2.24, 2.45) is 4.99 Å². The first-order valence-corrected chi connectivity index (χ1v) is 9.73. The Morgan fingerprint density at radius 2 is 2.00 bits per heavy atom. The van der Waals surface area contributed by atoms with E-state index in [9.17, 15) is 0 Å². The monoisotopic (exact) mass is 367 g/mol. The van der Waals surface area contributed by atoms with Crippen molar-refractivity contribution in [1.82, 2.24) is 20.4 Å². The maximum Gasteiger partial charge on any atom is 0.191 e. The third-order valence-corrected chi connectivity index (χ3v) is 5.05. The largest absolute Gasteiger partial charge is 0.357 e. The average molecular weight is 368 g/mol. The van der Waals surface area contributed by atoms with Crippen molar-refractivity contribution in [3.05, 3.63) is 75.7 Å². The van der Waals surface area contributed by atoms with Gasteiger partial charge in [0.1, 0.15) is 0 Å². The maximum absolute atomic E-state index is 4.68. The van der Waals surface area contributed by atoms with Gasteiger partial charge in [-0.05, 0) is 36.4 Å². The molecule has 0 saturated carbocycles. The molecule has 0 radical (unpaired) electrons. The molecule has 2 aromatic heterocycles. The molecule has 3 aromatic rings. The minimum Gasteiger partial charge on any atom is -0.357 e. The molecule has 0 amide bonds. The van der Waals surface area contributed by atoms with Gasteiger partial charge < -0.3 is 10.6 Å². The number of hydrogen-bond donors (Lipinski definition) is 2. The van der Waals surface area contributed by atoms with E-state index in [1.165, 1.54) is 16.0 Å². The molecule has 0 saturated heterocycles. The standard InChI is InChI=1S/C20H25N5S/c1-3-21-20(23-13-19-16(2)9-10-26-19)22-11-18-12-24-25(15-18)14-17-7-5-4-6-8-17/h4-10,12,15H,3,11,13-14H2,1-2H3,(H2,21,22,23). The molecule has 0 unspecified atom stereocenters. The zero-order valence-electron chi connectivity index (χ0n) is 15.3. The lowest BCUT2D eigenvalue weighted by atomic mass is 10.2. The average Bonchev–Trinajstić information content (AvgIpc) is 3.27. The molecule has 2 N–H and O–H groups in total. The van der Waals surface area contributed by atoms with Gasteiger partial charge in [-0.15, -0.1) is 11.3 Å². The van der Waals surface area contributed by atoms with Crippen molar-refractivity contribution < 1.29 is 0 Å². The number of nitrogens with zero attached hydrogens (tertiary/aromatic N) is 3. The number of aromatic nitrogens is 2. The summed E-state index contributed by atoms with van der Waals surface area (Å²) in [4.78, 5) is 6.02. The fourth-order valence-corrected chi connectivity index (χ4v) is 3.45. The van der Waals surface area contributed by atoms with Crippen molar-refractivity contribution in [2.45, 2.75) is 33.5 Å². The summed E-state index contributed by atoms with van der Waals surface area (Å²) in [5.74, 6) is 0.830. The molecule has 0 bridgehead atoms. The van der Waals surface area contributed by atoms with E-state index in [0.29, 0.717) is 6.54 Å². The number of guanidine groups is 1. The molecule has 1 aromatic carbocycles. The van der Waals surface area contributed by atoms with Crippen molar-refractivity contribution in [3.8, 4) is 0 Å². The molecule has 0 aliphatic heterocycles. The number of aryl methyl sites for hydroxylation is 1. The first-order valence-electron chi connectivity index (χ1n) is 8.85. The van der Waals surface area contributed by atoms with E-state index in [2.05, 4.69) is 64.3 Å². The maximum atomic E-state index is 4.68. The van der Waals surface area contributed by atoms with Gasteiger partial charge in [-0.1, -0.05) is 30.3 Å². The van der Waals surface area contributed by atoms with E-state index >= 15 is 0 Å². The number of hydrogen-bond acceptors (Lipinski definition) is 3. The second-order valence-electron chi connectivity index (χ2n) is 6.11. The summed E-state index contributed by atoms with van der Waals surface area (Å²) in [5.41, 5.74) is 3.66. The summed E-state index contributed by atoms with van der Waals surface area (Å²) >= 11 is 1.77. The van der Waals surface area contributed by atoms with Gasteiger partial charge in [-0.25, -0.2) is 4.99 Å². The highest BCUT2D eigenvalue weighted by Gasteiger charge is 2.03. The van der Waals surface area contributed by atoms with E-state index in [1.807, 2.05) is 29.1 Å². The van der Waals surface area contributed by atoms with Crippen molar-refractivity contribution >= 4 is 17.3 Å². The van der Waals surface area contributed by atoms with E-state index in [-0.39, 0.29) is 0 Å².